The average molecular weight is 313 g/mol. The fourth-order valence-electron chi connectivity index (χ4n) is 2.04. The van der Waals surface area contributed by atoms with Crippen LogP contribution in [0.4, 0.5) is 0 Å². The molecule has 1 heterocycles. The highest BCUT2D eigenvalue weighted by Gasteiger charge is 2.31. The van der Waals surface area contributed by atoms with E-state index in [-0.39, 0.29) is 18.2 Å². The van der Waals surface area contributed by atoms with Crippen LogP contribution in [-0.2, 0) is 20.0 Å². The quantitative estimate of drug-likeness (QED) is 0.669. The minimum Gasteiger partial charge on any atom is -0.330 e. The SMILES string of the molecule is CN(CCS(C)(=O)=O)S(=O)(=O)N1CCCC(CN)C1. The van der Waals surface area contributed by atoms with Crippen LogP contribution in [0.1, 0.15) is 12.8 Å². The molecule has 1 fully saturated rings. The van der Waals surface area contributed by atoms with Crippen LogP contribution in [0.15, 0.2) is 0 Å². The second-order valence-electron chi connectivity index (χ2n) is 5.06. The van der Waals surface area contributed by atoms with Gasteiger partial charge in [0.05, 0.1) is 5.75 Å². The number of nitrogens with zero attached hydrogens (tertiary/aromatic N) is 2. The molecule has 1 aliphatic heterocycles. The van der Waals surface area contributed by atoms with Crippen molar-refractivity contribution in [1.82, 2.24) is 8.61 Å². The number of hydrogen-bond donors (Lipinski definition) is 1. The maximum Gasteiger partial charge on any atom is 0.281 e. The molecule has 0 bridgehead atoms. The molecule has 0 aliphatic carbocycles. The average Bonchev–Trinajstić information content (AvgIpc) is 2.35. The Kier molecular flexibility index (Phi) is 5.75. The Bertz CT molecular complexity index is 489. The van der Waals surface area contributed by atoms with E-state index in [1.54, 1.807) is 0 Å². The van der Waals surface area contributed by atoms with Gasteiger partial charge < -0.3 is 5.73 Å². The van der Waals surface area contributed by atoms with Crippen LogP contribution in [-0.4, -0.2) is 70.7 Å². The second kappa shape index (κ2) is 6.49. The summed E-state index contributed by atoms with van der Waals surface area (Å²) in [6, 6.07) is 0. The lowest BCUT2D eigenvalue weighted by Crippen LogP contribution is -2.48. The van der Waals surface area contributed by atoms with Gasteiger partial charge in [0.15, 0.2) is 0 Å². The molecule has 0 radical (unpaired) electrons. The summed E-state index contributed by atoms with van der Waals surface area (Å²) < 4.78 is 49.2. The summed E-state index contributed by atoms with van der Waals surface area (Å²) in [7, 11) is -5.34. The van der Waals surface area contributed by atoms with E-state index >= 15 is 0 Å². The molecule has 0 amide bonds. The van der Waals surface area contributed by atoms with E-state index in [1.807, 2.05) is 0 Å². The Labute approximate surface area is 115 Å². The number of hydrogen-bond acceptors (Lipinski definition) is 5. The van der Waals surface area contributed by atoms with Gasteiger partial charge in [-0.2, -0.15) is 17.0 Å². The van der Waals surface area contributed by atoms with Crippen LogP contribution < -0.4 is 5.73 Å². The second-order valence-corrected chi connectivity index (χ2v) is 9.36. The largest absolute Gasteiger partial charge is 0.330 e. The Morgan fingerprint density at radius 3 is 2.47 bits per heavy atom. The zero-order chi connectivity index (χ0) is 14.7. The van der Waals surface area contributed by atoms with Crippen molar-refractivity contribution in [2.75, 3.05) is 45.2 Å². The van der Waals surface area contributed by atoms with Gasteiger partial charge in [-0.15, -0.1) is 0 Å². The lowest BCUT2D eigenvalue weighted by atomic mass is 10.0. The predicted octanol–water partition coefficient (Wildman–Crippen LogP) is -1.12. The minimum atomic E-state index is -3.58. The summed E-state index contributed by atoms with van der Waals surface area (Å²) in [5.74, 6) is 0.0171. The van der Waals surface area contributed by atoms with Gasteiger partial charge in [-0.1, -0.05) is 0 Å². The Morgan fingerprint density at radius 1 is 1.32 bits per heavy atom. The Morgan fingerprint density at radius 2 is 1.95 bits per heavy atom. The van der Waals surface area contributed by atoms with Crippen LogP contribution in [0.5, 0.6) is 0 Å². The van der Waals surface area contributed by atoms with Crippen molar-refractivity contribution in [2.45, 2.75) is 12.8 Å². The highest BCUT2D eigenvalue weighted by atomic mass is 32.2. The minimum absolute atomic E-state index is 0.0229. The summed E-state index contributed by atoms with van der Waals surface area (Å²) >= 11 is 0. The van der Waals surface area contributed by atoms with Crippen molar-refractivity contribution < 1.29 is 16.8 Å². The van der Waals surface area contributed by atoms with E-state index in [0.717, 1.165) is 23.4 Å². The number of sulfone groups is 1. The first-order valence-corrected chi connectivity index (χ1v) is 9.72. The van der Waals surface area contributed by atoms with E-state index in [4.69, 9.17) is 5.73 Å². The third-order valence-electron chi connectivity index (χ3n) is 3.31. The lowest BCUT2D eigenvalue weighted by Gasteiger charge is -2.33. The maximum atomic E-state index is 12.3. The van der Waals surface area contributed by atoms with Crippen molar-refractivity contribution in [1.29, 1.82) is 0 Å². The summed E-state index contributed by atoms with van der Waals surface area (Å²) in [6.45, 7) is 1.34. The van der Waals surface area contributed by atoms with E-state index in [0.29, 0.717) is 19.6 Å². The third-order valence-corrected chi connectivity index (χ3v) is 6.19. The van der Waals surface area contributed by atoms with E-state index in [2.05, 4.69) is 0 Å². The molecule has 114 valence electrons. The highest BCUT2D eigenvalue weighted by Crippen LogP contribution is 2.19. The molecule has 7 nitrogen and oxygen atoms in total. The van der Waals surface area contributed by atoms with Crippen LogP contribution >= 0.6 is 0 Å². The van der Waals surface area contributed by atoms with Crippen molar-refractivity contribution in [3.8, 4) is 0 Å². The topological polar surface area (TPSA) is 101 Å². The number of rotatable bonds is 6. The molecule has 1 rings (SSSR count). The Balaban J connectivity index is 2.68. The molecule has 0 aromatic heterocycles. The summed E-state index contributed by atoms with van der Waals surface area (Å²) in [5.41, 5.74) is 5.59. The first kappa shape index (κ1) is 16.8. The third kappa shape index (κ3) is 4.99. The van der Waals surface area contributed by atoms with Crippen LogP contribution in [0.25, 0.3) is 0 Å². The molecular weight excluding hydrogens is 290 g/mol. The van der Waals surface area contributed by atoms with Gasteiger partial charge in [0.2, 0.25) is 0 Å². The van der Waals surface area contributed by atoms with E-state index < -0.39 is 20.0 Å². The molecule has 1 saturated heterocycles. The molecule has 2 N–H and O–H groups in total. The lowest BCUT2D eigenvalue weighted by molar-refractivity contribution is 0.257. The summed E-state index contributed by atoms with van der Waals surface area (Å²) in [6.07, 6.45) is 2.83. The monoisotopic (exact) mass is 313 g/mol. The molecular formula is C10H23N3O4S2. The fraction of sp³-hybridized carbons (Fsp3) is 1.00. The van der Waals surface area contributed by atoms with Gasteiger partial charge in [0.25, 0.3) is 10.2 Å². The fourth-order valence-corrected chi connectivity index (χ4v) is 4.23. The number of nitrogens with two attached hydrogens (primary N) is 1. The van der Waals surface area contributed by atoms with Crippen LogP contribution in [0.2, 0.25) is 0 Å². The normalized spacial score (nSPS) is 22.8. The van der Waals surface area contributed by atoms with Crippen LogP contribution in [0.3, 0.4) is 0 Å². The van der Waals surface area contributed by atoms with E-state index in [9.17, 15) is 16.8 Å². The van der Waals surface area contributed by atoms with Gasteiger partial charge in [0.1, 0.15) is 9.84 Å². The molecule has 0 saturated carbocycles. The van der Waals surface area contributed by atoms with Gasteiger partial charge >= 0.3 is 0 Å². The summed E-state index contributed by atoms with van der Waals surface area (Å²) in [4.78, 5) is 0. The molecule has 1 unspecified atom stereocenters. The van der Waals surface area contributed by atoms with Crippen LogP contribution in [0, 0.1) is 5.92 Å². The maximum absolute atomic E-state index is 12.3. The van der Waals surface area contributed by atoms with Crippen molar-refractivity contribution in [2.24, 2.45) is 11.7 Å². The molecule has 19 heavy (non-hydrogen) atoms. The van der Waals surface area contributed by atoms with Crippen molar-refractivity contribution >= 4 is 20.0 Å². The highest BCUT2D eigenvalue weighted by molar-refractivity contribution is 7.90. The predicted molar refractivity (Wildman–Crippen MR) is 74.6 cm³/mol. The molecule has 0 aromatic carbocycles. The standard InChI is InChI=1S/C10H23N3O4S2/c1-12(6-7-18(2,14)15)19(16,17)13-5-3-4-10(8-11)9-13/h10H,3-9,11H2,1-2H3. The Hall–Kier alpha value is -0.220. The first-order chi connectivity index (χ1) is 8.66. The molecule has 1 aliphatic rings. The molecule has 1 atom stereocenters. The van der Waals surface area contributed by atoms with Gasteiger partial charge in [-0.05, 0) is 25.3 Å². The van der Waals surface area contributed by atoms with Crippen molar-refractivity contribution in [3.63, 3.8) is 0 Å². The smallest absolute Gasteiger partial charge is 0.281 e. The zero-order valence-electron chi connectivity index (χ0n) is 11.4. The summed E-state index contributed by atoms with van der Waals surface area (Å²) in [5, 5.41) is 0. The van der Waals surface area contributed by atoms with Gasteiger partial charge in [-0.3, -0.25) is 0 Å². The van der Waals surface area contributed by atoms with E-state index in [1.165, 1.54) is 11.4 Å². The van der Waals surface area contributed by atoms with Gasteiger partial charge in [-0.25, -0.2) is 8.42 Å². The zero-order valence-corrected chi connectivity index (χ0v) is 13.1. The number of piperidine rings is 1. The van der Waals surface area contributed by atoms with Crippen molar-refractivity contribution in [3.05, 3.63) is 0 Å². The molecule has 9 heteroatoms. The van der Waals surface area contributed by atoms with Gasteiger partial charge in [0, 0.05) is 32.9 Å². The molecule has 0 aromatic rings. The molecule has 0 spiro atoms. The first-order valence-electron chi connectivity index (χ1n) is 6.26.